The lowest BCUT2D eigenvalue weighted by Gasteiger charge is -2.28. The highest BCUT2D eigenvalue weighted by atomic mass is 15.1. The van der Waals surface area contributed by atoms with Crippen molar-refractivity contribution < 1.29 is 0 Å². The van der Waals surface area contributed by atoms with Crippen molar-refractivity contribution in [2.45, 2.75) is 12.3 Å². The summed E-state index contributed by atoms with van der Waals surface area (Å²) in [6.07, 6.45) is 9.89. The van der Waals surface area contributed by atoms with E-state index in [1.54, 1.807) is 0 Å². The first-order valence-electron chi connectivity index (χ1n) is 16.7. The van der Waals surface area contributed by atoms with Crippen LogP contribution < -0.4 is 4.90 Å². The molecule has 1 aliphatic carbocycles. The minimum Gasteiger partial charge on any atom is -0.310 e. The normalized spacial score (nSPS) is 14.2. The van der Waals surface area contributed by atoms with Gasteiger partial charge in [-0.3, -0.25) is 0 Å². The number of allylic oxidation sites excluding steroid dienone is 4. The van der Waals surface area contributed by atoms with E-state index in [0.717, 1.165) is 29.2 Å². The minimum absolute atomic E-state index is 0.414. The molecule has 1 aliphatic rings. The van der Waals surface area contributed by atoms with Crippen molar-refractivity contribution >= 4 is 49.6 Å². The number of anilines is 3. The summed E-state index contributed by atoms with van der Waals surface area (Å²) in [6, 6.07) is 59.6. The van der Waals surface area contributed by atoms with Gasteiger partial charge >= 0.3 is 0 Å². The Hall–Kier alpha value is -6.12. The number of nitrogens with zero attached hydrogens (tertiary/aromatic N) is 2. The Labute approximate surface area is 281 Å². The van der Waals surface area contributed by atoms with Crippen LogP contribution >= 0.6 is 0 Å². The standard InChI is InChI=1S/C46H34N2/c1-3-13-33(14-4-1)34-23-26-37(27-24-34)47(43-21-11-9-18-40(43)35-15-5-2-6-16-35)38-28-30-39(31-29-38)48-44-22-12-10-20-42(44)46-41-19-8-7-17-36(41)25-32-45(46)48/h1-13,15-33H,14H2. The minimum atomic E-state index is 0.414. The summed E-state index contributed by atoms with van der Waals surface area (Å²) < 4.78 is 2.41. The molecule has 9 rings (SSSR count). The number of hydrogen-bond acceptors (Lipinski definition) is 1. The van der Waals surface area contributed by atoms with E-state index < -0.39 is 0 Å². The molecule has 1 heterocycles. The highest BCUT2D eigenvalue weighted by Gasteiger charge is 2.19. The van der Waals surface area contributed by atoms with Crippen LogP contribution in [0.4, 0.5) is 17.1 Å². The van der Waals surface area contributed by atoms with Gasteiger partial charge in [-0.2, -0.15) is 0 Å². The molecule has 0 spiro atoms. The first kappa shape index (κ1) is 28.1. The molecule has 0 saturated heterocycles. The number of rotatable bonds is 6. The highest BCUT2D eigenvalue weighted by molar-refractivity contribution is 6.21. The average molecular weight is 615 g/mol. The molecule has 0 radical (unpaired) electrons. The van der Waals surface area contributed by atoms with Crippen LogP contribution in [0, 0.1) is 0 Å². The second-order valence-corrected chi connectivity index (χ2v) is 12.5. The molecule has 0 saturated carbocycles. The van der Waals surface area contributed by atoms with Crippen molar-refractivity contribution in [2.24, 2.45) is 0 Å². The molecule has 1 unspecified atom stereocenters. The highest BCUT2D eigenvalue weighted by Crippen LogP contribution is 2.42. The Kier molecular flexibility index (Phi) is 6.98. The third kappa shape index (κ3) is 4.82. The molecule has 0 N–H and O–H groups in total. The third-order valence-corrected chi connectivity index (χ3v) is 9.72. The van der Waals surface area contributed by atoms with Crippen molar-refractivity contribution in [1.29, 1.82) is 0 Å². The van der Waals surface area contributed by atoms with E-state index in [1.165, 1.54) is 49.3 Å². The molecule has 0 amide bonds. The number of aromatic nitrogens is 1. The number of benzene rings is 7. The molecular weight excluding hydrogens is 581 g/mol. The molecule has 228 valence electrons. The monoisotopic (exact) mass is 614 g/mol. The molecule has 48 heavy (non-hydrogen) atoms. The maximum absolute atomic E-state index is 2.41. The van der Waals surface area contributed by atoms with Gasteiger partial charge < -0.3 is 9.47 Å². The van der Waals surface area contributed by atoms with Gasteiger partial charge in [0.2, 0.25) is 0 Å². The van der Waals surface area contributed by atoms with Crippen molar-refractivity contribution in [2.75, 3.05) is 4.90 Å². The smallest absolute Gasteiger partial charge is 0.0547 e. The van der Waals surface area contributed by atoms with Crippen LogP contribution in [0.1, 0.15) is 17.9 Å². The first-order chi connectivity index (χ1) is 23.8. The van der Waals surface area contributed by atoms with Gasteiger partial charge in [0, 0.05) is 39.3 Å². The first-order valence-corrected chi connectivity index (χ1v) is 16.7. The Morgan fingerprint density at radius 3 is 2.00 bits per heavy atom. The van der Waals surface area contributed by atoms with Gasteiger partial charge in [0.25, 0.3) is 0 Å². The van der Waals surface area contributed by atoms with E-state index in [-0.39, 0.29) is 0 Å². The van der Waals surface area contributed by atoms with E-state index in [4.69, 9.17) is 0 Å². The van der Waals surface area contributed by atoms with Crippen LogP contribution in [0.15, 0.2) is 188 Å². The van der Waals surface area contributed by atoms with Gasteiger partial charge in [-0.15, -0.1) is 0 Å². The van der Waals surface area contributed by atoms with Gasteiger partial charge in [0.1, 0.15) is 0 Å². The molecule has 8 aromatic rings. The Bertz CT molecular complexity index is 2460. The predicted octanol–water partition coefficient (Wildman–Crippen LogP) is 12.7. The molecule has 0 aliphatic heterocycles. The third-order valence-electron chi connectivity index (χ3n) is 9.72. The SMILES string of the molecule is C1=CCC(c2ccc(N(c3ccc(-n4c5ccccc5c5c6ccccc6ccc54)cc3)c3ccccc3-c3ccccc3)cc2)C=C1. The van der Waals surface area contributed by atoms with Crippen molar-refractivity contribution in [3.8, 4) is 16.8 Å². The van der Waals surface area contributed by atoms with Gasteiger partial charge in [0.15, 0.2) is 0 Å². The zero-order chi connectivity index (χ0) is 31.9. The largest absolute Gasteiger partial charge is 0.310 e. The quantitative estimate of drug-likeness (QED) is 0.181. The molecule has 2 nitrogen and oxygen atoms in total. The number of fused-ring (bicyclic) bond motifs is 5. The zero-order valence-electron chi connectivity index (χ0n) is 26.6. The molecule has 1 aromatic heterocycles. The topological polar surface area (TPSA) is 8.17 Å². The van der Waals surface area contributed by atoms with Crippen LogP contribution in [0.2, 0.25) is 0 Å². The molecule has 0 bridgehead atoms. The second-order valence-electron chi connectivity index (χ2n) is 12.5. The predicted molar refractivity (Wildman–Crippen MR) is 204 cm³/mol. The lowest BCUT2D eigenvalue weighted by Crippen LogP contribution is -2.11. The molecule has 2 heteroatoms. The summed E-state index contributed by atoms with van der Waals surface area (Å²) in [5.41, 5.74) is 10.7. The second kappa shape index (κ2) is 11.9. The molecule has 0 fully saturated rings. The summed E-state index contributed by atoms with van der Waals surface area (Å²) in [5, 5.41) is 5.12. The summed E-state index contributed by atoms with van der Waals surface area (Å²) in [4.78, 5) is 2.39. The summed E-state index contributed by atoms with van der Waals surface area (Å²) in [7, 11) is 0. The summed E-state index contributed by atoms with van der Waals surface area (Å²) in [5.74, 6) is 0.414. The Morgan fingerprint density at radius 2 is 1.21 bits per heavy atom. The molecule has 7 aromatic carbocycles. The zero-order valence-corrected chi connectivity index (χ0v) is 26.6. The molecule has 1 atom stereocenters. The maximum Gasteiger partial charge on any atom is 0.0547 e. The van der Waals surface area contributed by atoms with Crippen LogP contribution in [0.5, 0.6) is 0 Å². The lowest BCUT2D eigenvalue weighted by atomic mass is 9.92. The fraction of sp³-hybridized carbons (Fsp3) is 0.0435. The van der Waals surface area contributed by atoms with Gasteiger partial charge in [-0.1, -0.05) is 133 Å². The van der Waals surface area contributed by atoms with Crippen molar-refractivity contribution in [3.63, 3.8) is 0 Å². The van der Waals surface area contributed by atoms with E-state index >= 15 is 0 Å². The fourth-order valence-electron chi connectivity index (χ4n) is 7.42. The van der Waals surface area contributed by atoms with Crippen molar-refractivity contribution in [1.82, 2.24) is 4.57 Å². The maximum atomic E-state index is 2.41. The van der Waals surface area contributed by atoms with Crippen molar-refractivity contribution in [3.05, 3.63) is 194 Å². The van der Waals surface area contributed by atoms with E-state index in [1.807, 2.05) is 0 Å². The average Bonchev–Trinajstić information content (AvgIpc) is 3.51. The summed E-state index contributed by atoms with van der Waals surface area (Å²) in [6.45, 7) is 0. The number of hydrogen-bond donors (Lipinski definition) is 0. The summed E-state index contributed by atoms with van der Waals surface area (Å²) >= 11 is 0. The van der Waals surface area contributed by atoms with E-state index in [0.29, 0.717) is 5.92 Å². The fourth-order valence-corrected chi connectivity index (χ4v) is 7.42. The van der Waals surface area contributed by atoms with Crippen LogP contribution in [-0.4, -0.2) is 4.57 Å². The van der Waals surface area contributed by atoms with Gasteiger partial charge in [0.05, 0.1) is 16.7 Å². The molecular formula is C46H34N2. The van der Waals surface area contributed by atoms with Gasteiger partial charge in [-0.25, -0.2) is 0 Å². The lowest BCUT2D eigenvalue weighted by molar-refractivity contribution is 0.854. The van der Waals surface area contributed by atoms with E-state index in [2.05, 4.69) is 198 Å². The van der Waals surface area contributed by atoms with Gasteiger partial charge in [-0.05, 0) is 82.9 Å². The number of para-hydroxylation sites is 2. The van der Waals surface area contributed by atoms with Crippen LogP contribution in [0.25, 0.3) is 49.4 Å². The van der Waals surface area contributed by atoms with E-state index in [9.17, 15) is 0 Å². The van der Waals surface area contributed by atoms with Crippen LogP contribution in [0.3, 0.4) is 0 Å². The Morgan fingerprint density at radius 1 is 0.521 bits per heavy atom. The van der Waals surface area contributed by atoms with Crippen LogP contribution in [-0.2, 0) is 0 Å². The Balaban J connectivity index is 1.19.